The number of halogens is 1. The van der Waals surface area contributed by atoms with Gasteiger partial charge in [0.15, 0.2) is 0 Å². The quantitative estimate of drug-likeness (QED) is 0.551. The summed E-state index contributed by atoms with van der Waals surface area (Å²) in [5.74, 6) is -0.833. The first-order valence-corrected chi connectivity index (χ1v) is 3.54. The second-order valence-electron chi connectivity index (χ2n) is 2.66. The molecule has 13 heavy (non-hydrogen) atoms. The van der Waals surface area contributed by atoms with Crippen LogP contribution in [-0.4, -0.2) is 17.5 Å². The van der Waals surface area contributed by atoms with Crippen LogP contribution >= 0.6 is 12.4 Å². The van der Waals surface area contributed by atoms with Gasteiger partial charge in [0.25, 0.3) is 11.8 Å². The minimum atomic E-state index is -0.440. The Morgan fingerprint density at radius 2 is 2.00 bits per heavy atom. The lowest BCUT2D eigenvalue weighted by atomic mass is 9.98. The van der Waals surface area contributed by atoms with Gasteiger partial charge in [-0.3, -0.25) is 14.9 Å². The highest BCUT2D eigenvalue weighted by Crippen LogP contribution is 2.20. The summed E-state index contributed by atoms with van der Waals surface area (Å²) < 4.78 is 0. The van der Waals surface area contributed by atoms with Crippen molar-refractivity contribution >= 4 is 29.9 Å². The predicted molar refractivity (Wildman–Crippen MR) is 48.9 cm³/mol. The molecule has 68 valence electrons. The number of allylic oxidation sites excluding steroid dienone is 1. The van der Waals surface area contributed by atoms with Crippen molar-refractivity contribution in [1.82, 2.24) is 5.32 Å². The monoisotopic (exact) mass is 198 g/mol. The van der Waals surface area contributed by atoms with Crippen LogP contribution in [0.25, 0.3) is 0 Å². The molecule has 0 saturated carbocycles. The highest BCUT2D eigenvalue weighted by atomic mass is 35.5. The first kappa shape index (κ1) is 9.67. The van der Waals surface area contributed by atoms with Crippen LogP contribution in [-0.2, 0) is 9.59 Å². The van der Waals surface area contributed by atoms with E-state index < -0.39 is 11.8 Å². The summed E-state index contributed by atoms with van der Waals surface area (Å²) in [6, 6.07) is 0. The van der Waals surface area contributed by atoms with Gasteiger partial charge in [0.1, 0.15) is 0 Å². The molecule has 0 unspecified atom stereocenters. The summed E-state index contributed by atoms with van der Waals surface area (Å²) in [6.45, 7) is 0. The Kier molecular flexibility index (Phi) is 2.34. The summed E-state index contributed by atoms with van der Waals surface area (Å²) in [7, 11) is 0. The van der Waals surface area contributed by atoms with Crippen LogP contribution < -0.4 is 5.32 Å². The van der Waals surface area contributed by atoms with Gasteiger partial charge in [0.2, 0.25) is 0 Å². The third-order valence-electron chi connectivity index (χ3n) is 1.88. The van der Waals surface area contributed by atoms with E-state index in [1.807, 2.05) is 0 Å². The molecule has 1 aliphatic carbocycles. The predicted octanol–water partition coefficient (Wildman–Crippen LogP) is 0.341. The lowest BCUT2D eigenvalue weighted by Crippen LogP contribution is -2.24. The Labute approximate surface area is 80.6 Å². The second-order valence-corrected chi connectivity index (χ2v) is 2.66. The fourth-order valence-corrected chi connectivity index (χ4v) is 1.32. The van der Waals surface area contributed by atoms with Gasteiger partial charge in [-0.15, -0.1) is 12.4 Å². The van der Waals surface area contributed by atoms with E-state index in [4.69, 9.17) is 5.41 Å². The van der Waals surface area contributed by atoms with Crippen molar-refractivity contribution in [2.75, 3.05) is 0 Å². The molecule has 2 rings (SSSR count). The minimum Gasteiger partial charge on any atom is -0.304 e. The average Bonchev–Trinajstić information content (AvgIpc) is 2.29. The Bertz CT molecular complexity index is 358. The van der Waals surface area contributed by atoms with Crippen LogP contribution in [0.15, 0.2) is 23.3 Å². The molecule has 0 aromatic heterocycles. The van der Waals surface area contributed by atoms with Crippen molar-refractivity contribution in [1.29, 1.82) is 5.41 Å². The number of carbonyl (C=O) groups is 2. The standard InChI is InChI=1S/C8H6N2O2.ClH/c9-5-3-1-2-4-6(5)8(12)10-7(4)11;/h1-2,9H,3H2,(H,10,11,12);1H. The zero-order chi connectivity index (χ0) is 8.72. The van der Waals surface area contributed by atoms with Crippen LogP contribution in [0.1, 0.15) is 6.42 Å². The summed E-state index contributed by atoms with van der Waals surface area (Å²) in [5.41, 5.74) is 0.787. The molecule has 2 amide bonds. The lowest BCUT2D eigenvalue weighted by Gasteiger charge is -2.04. The largest absolute Gasteiger partial charge is 0.304 e. The third-order valence-corrected chi connectivity index (χ3v) is 1.88. The van der Waals surface area contributed by atoms with Crippen LogP contribution in [0.5, 0.6) is 0 Å². The highest BCUT2D eigenvalue weighted by molar-refractivity contribution is 6.34. The van der Waals surface area contributed by atoms with Crippen LogP contribution in [0, 0.1) is 5.41 Å². The summed E-state index contributed by atoms with van der Waals surface area (Å²) in [4.78, 5) is 22.1. The topological polar surface area (TPSA) is 70.0 Å². The number of imide groups is 1. The molecule has 1 aliphatic heterocycles. The Hall–Kier alpha value is -1.42. The molecule has 5 heteroatoms. The molecule has 2 N–H and O–H groups in total. The third kappa shape index (κ3) is 1.29. The van der Waals surface area contributed by atoms with Gasteiger partial charge < -0.3 is 5.41 Å². The van der Waals surface area contributed by atoms with Crippen molar-refractivity contribution in [2.45, 2.75) is 6.42 Å². The van der Waals surface area contributed by atoms with Crippen LogP contribution in [0.4, 0.5) is 0 Å². The van der Waals surface area contributed by atoms with E-state index in [1.165, 1.54) is 0 Å². The fourth-order valence-electron chi connectivity index (χ4n) is 1.32. The lowest BCUT2D eigenvalue weighted by molar-refractivity contribution is -0.123. The van der Waals surface area contributed by atoms with Gasteiger partial charge in [0.05, 0.1) is 11.1 Å². The van der Waals surface area contributed by atoms with Gasteiger partial charge in [-0.1, -0.05) is 12.2 Å². The molecule has 0 fully saturated rings. The van der Waals surface area contributed by atoms with E-state index in [1.54, 1.807) is 12.2 Å². The smallest absolute Gasteiger partial charge is 0.260 e. The van der Waals surface area contributed by atoms with Gasteiger partial charge in [-0.25, -0.2) is 0 Å². The molecule has 1 heterocycles. The van der Waals surface area contributed by atoms with Gasteiger partial charge >= 0.3 is 0 Å². The summed E-state index contributed by atoms with van der Waals surface area (Å²) >= 11 is 0. The van der Waals surface area contributed by atoms with Crippen molar-refractivity contribution in [3.63, 3.8) is 0 Å². The highest BCUT2D eigenvalue weighted by Gasteiger charge is 2.32. The second kappa shape index (κ2) is 3.14. The minimum absolute atomic E-state index is 0. The number of hydrogen-bond donors (Lipinski definition) is 2. The summed E-state index contributed by atoms with van der Waals surface area (Å²) in [6.07, 6.45) is 3.73. The molecule has 0 radical (unpaired) electrons. The summed E-state index contributed by atoms with van der Waals surface area (Å²) in [5, 5.41) is 9.56. The maximum absolute atomic E-state index is 11.1. The van der Waals surface area contributed by atoms with E-state index >= 15 is 0 Å². The van der Waals surface area contributed by atoms with Crippen LogP contribution in [0.3, 0.4) is 0 Å². The van der Waals surface area contributed by atoms with Crippen molar-refractivity contribution in [3.8, 4) is 0 Å². The Morgan fingerprint density at radius 1 is 1.31 bits per heavy atom. The molecule has 0 aromatic carbocycles. The maximum Gasteiger partial charge on any atom is 0.260 e. The Balaban J connectivity index is 0.000000845. The molecule has 0 saturated heterocycles. The van der Waals surface area contributed by atoms with E-state index in [0.29, 0.717) is 12.0 Å². The fraction of sp³-hybridized carbons (Fsp3) is 0.125. The maximum atomic E-state index is 11.1. The van der Waals surface area contributed by atoms with E-state index in [2.05, 4.69) is 5.32 Å². The SMILES string of the molecule is Cl.N=C1CC=CC2=C1C(=O)NC2=O. The average molecular weight is 199 g/mol. The van der Waals surface area contributed by atoms with E-state index in [0.717, 1.165) is 0 Å². The number of rotatable bonds is 0. The molecule has 0 spiro atoms. The number of nitrogens with one attached hydrogen (secondary N) is 2. The number of carbonyl (C=O) groups excluding carboxylic acids is 2. The molecular weight excluding hydrogens is 192 g/mol. The van der Waals surface area contributed by atoms with E-state index in [9.17, 15) is 9.59 Å². The first-order valence-electron chi connectivity index (χ1n) is 3.54. The molecule has 0 atom stereocenters. The van der Waals surface area contributed by atoms with Gasteiger partial charge in [0, 0.05) is 12.1 Å². The first-order chi connectivity index (χ1) is 5.70. The number of hydrogen-bond acceptors (Lipinski definition) is 3. The molecule has 4 nitrogen and oxygen atoms in total. The van der Waals surface area contributed by atoms with Gasteiger partial charge in [-0.05, 0) is 0 Å². The molecular formula is C8H7ClN2O2. The zero-order valence-corrected chi connectivity index (χ0v) is 7.40. The van der Waals surface area contributed by atoms with Gasteiger partial charge in [-0.2, -0.15) is 0 Å². The molecule has 0 bridgehead atoms. The van der Waals surface area contributed by atoms with Crippen molar-refractivity contribution in [3.05, 3.63) is 23.3 Å². The number of amides is 2. The van der Waals surface area contributed by atoms with Crippen LogP contribution in [0.2, 0.25) is 0 Å². The van der Waals surface area contributed by atoms with Crippen molar-refractivity contribution < 1.29 is 9.59 Å². The zero-order valence-electron chi connectivity index (χ0n) is 6.59. The normalized spacial score (nSPS) is 19.8. The molecule has 0 aromatic rings. The molecule has 2 aliphatic rings. The van der Waals surface area contributed by atoms with Crippen molar-refractivity contribution in [2.24, 2.45) is 0 Å². The Morgan fingerprint density at radius 3 is 2.62 bits per heavy atom. The van der Waals surface area contributed by atoms with E-state index in [-0.39, 0.29) is 23.7 Å².